The van der Waals surface area contributed by atoms with E-state index in [9.17, 15) is 4.79 Å². The van der Waals surface area contributed by atoms with Crippen LogP contribution in [0.2, 0.25) is 0 Å². The Labute approximate surface area is 162 Å². The van der Waals surface area contributed by atoms with Crippen LogP contribution >= 0.6 is 0 Å². The molecule has 0 saturated heterocycles. The first-order valence-corrected chi connectivity index (χ1v) is 8.64. The summed E-state index contributed by atoms with van der Waals surface area (Å²) < 4.78 is 0. The number of aliphatic carboxylic acids is 1. The number of unbranched alkanes of at least 4 members (excludes halogenated alkanes) is 11. The minimum Gasteiger partial charge on any atom is -0.481 e. The van der Waals surface area contributed by atoms with Crippen LogP contribution in [0.4, 0.5) is 0 Å². The van der Waals surface area contributed by atoms with E-state index in [1.54, 1.807) is 0 Å². The Hall–Kier alpha value is 0.496. The quantitative estimate of drug-likeness (QED) is 0.246. The van der Waals surface area contributed by atoms with Crippen molar-refractivity contribution in [2.75, 3.05) is 0 Å². The summed E-state index contributed by atoms with van der Waals surface area (Å²) in [7, 11) is 0. The Morgan fingerprint density at radius 3 is 1.67 bits per heavy atom. The normalized spacial score (nSPS) is 10.7. The molecule has 0 aliphatic rings. The van der Waals surface area contributed by atoms with E-state index in [1.807, 2.05) is 0 Å². The van der Waals surface area contributed by atoms with E-state index in [2.05, 4.69) is 19.1 Å². The number of hydrogen-bond donors (Lipinski definition) is 1. The molecule has 127 valence electrons. The van der Waals surface area contributed by atoms with Gasteiger partial charge in [-0.1, -0.05) is 70.4 Å². The van der Waals surface area contributed by atoms with E-state index in [-0.39, 0.29) is 38.6 Å². The number of hydrogen-bond acceptors (Lipinski definition) is 1. The van der Waals surface area contributed by atoms with E-state index in [1.165, 1.54) is 70.6 Å². The molecular formula is C18H34O2Tb. The van der Waals surface area contributed by atoms with Gasteiger partial charge in [0.2, 0.25) is 0 Å². The van der Waals surface area contributed by atoms with Crippen molar-refractivity contribution >= 4 is 5.97 Å². The summed E-state index contributed by atoms with van der Waals surface area (Å²) in [6.45, 7) is 2.26. The third-order valence-corrected chi connectivity index (χ3v) is 3.65. The Morgan fingerprint density at radius 1 is 0.762 bits per heavy atom. The average Bonchev–Trinajstić information content (AvgIpc) is 2.43. The molecule has 0 aromatic carbocycles. The number of rotatable bonds is 15. The minimum absolute atomic E-state index is 0. The summed E-state index contributed by atoms with van der Waals surface area (Å²) in [6, 6.07) is 0. The molecule has 0 rings (SSSR count). The van der Waals surface area contributed by atoms with Gasteiger partial charge in [-0.3, -0.25) is 4.79 Å². The first-order chi connectivity index (χ1) is 9.77. The maximum absolute atomic E-state index is 10.3. The summed E-state index contributed by atoms with van der Waals surface area (Å²) in [5.41, 5.74) is 0. The molecule has 0 aromatic rings. The summed E-state index contributed by atoms with van der Waals surface area (Å²) >= 11 is 0. The Morgan fingerprint density at radius 2 is 1.19 bits per heavy atom. The van der Waals surface area contributed by atoms with Crippen molar-refractivity contribution in [2.24, 2.45) is 0 Å². The fourth-order valence-corrected chi connectivity index (χ4v) is 2.35. The molecule has 0 amide bonds. The third-order valence-electron chi connectivity index (χ3n) is 3.65. The molecule has 1 N–H and O–H groups in total. The van der Waals surface area contributed by atoms with Gasteiger partial charge in [0.15, 0.2) is 0 Å². The summed E-state index contributed by atoms with van der Waals surface area (Å²) in [6.07, 6.45) is 21.2. The second-order valence-electron chi connectivity index (χ2n) is 5.73. The van der Waals surface area contributed by atoms with E-state index in [0.29, 0.717) is 6.42 Å². The smallest absolute Gasteiger partial charge is 0.303 e. The predicted molar refractivity (Wildman–Crippen MR) is 87.1 cm³/mol. The molecule has 0 fully saturated rings. The summed E-state index contributed by atoms with van der Waals surface area (Å²) in [4.78, 5) is 10.3. The Balaban J connectivity index is 0. The van der Waals surface area contributed by atoms with E-state index in [0.717, 1.165) is 12.8 Å². The van der Waals surface area contributed by atoms with Gasteiger partial charge in [0.05, 0.1) is 0 Å². The standard InChI is InChI=1S/C18H34O2.Tb/c1-2-3-4-5-6-7-8-9-10-11-12-13-14-15-16-17-18(19)20;/h9-10H,2-8,11-17H2,1H3,(H,19,20);/b10-9-;. The second-order valence-corrected chi connectivity index (χ2v) is 5.73. The van der Waals surface area contributed by atoms with Crippen molar-refractivity contribution < 1.29 is 48.5 Å². The van der Waals surface area contributed by atoms with E-state index in [4.69, 9.17) is 5.11 Å². The molecule has 3 heteroatoms. The van der Waals surface area contributed by atoms with Crippen molar-refractivity contribution in [3.63, 3.8) is 0 Å². The molecule has 0 atom stereocenters. The third kappa shape index (κ3) is 22.9. The zero-order valence-electron chi connectivity index (χ0n) is 13.7. The fourth-order valence-electron chi connectivity index (χ4n) is 2.35. The summed E-state index contributed by atoms with van der Waals surface area (Å²) in [5.74, 6) is -0.664. The van der Waals surface area contributed by atoms with Crippen LogP contribution in [0.25, 0.3) is 0 Å². The fraction of sp³-hybridized carbons (Fsp3) is 0.833. The van der Waals surface area contributed by atoms with Gasteiger partial charge in [-0.05, 0) is 32.1 Å². The molecular weight excluding hydrogens is 407 g/mol. The molecule has 0 saturated carbocycles. The van der Waals surface area contributed by atoms with Gasteiger partial charge in [-0.25, -0.2) is 0 Å². The van der Waals surface area contributed by atoms with Crippen LogP contribution in [0, 0.1) is 38.6 Å². The number of allylic oxidation sites excluding steroid dienone is 2. The molecule has 2 nitrogen and oxygen atoms in total. The minimum atomic E-state index is -0.664. The van der Waals surface area contributed by atoms with Crippen LogP contribution in [0.3, 0.4) is 0 Å². The van der Waals surface area contributed by atoms with Crippen LogP contribution < -0.4 is 0 Å². The van der Waals surface area contributed by atoms with E-state index < -0.39 is 5.97 Å². The Bertz CT molecular complexity index is 239. The number of carboxylic acid groups (broad SMARTS) is 1. The van der Waals surface area contributed by atoms with Gasteiger partial charge < -0.3 is 5.11 Å². The first-order valence-electron chi connectivity index (χ1n) is 8.64. The van der Waals surface area contributed by atoms with Crippen LogP contribution in [-0.4, -0.2) is 11.1 Å². The summed E-state index contributed by atoms with van der Waals surface area (Å²) in [5, 5.41) is 8.51. The van der Waals surface area contributed by atoms with Crippen LogP contribution in [-0.2, 0) is 4.79 Å². The molecule has 0 bridgehead atoms. The zero-order valence-corrected chi connectivity index (χ0v) is 15.9. The second kappa shape index (κ2) is 20.5. The van der Waals surface area contributed by atoms with Crippen molar-refractivity contribution in [3.8, 4) is 0 Å². The molecule has 0 aliphatic heterocycles. The van der Waals surface area contributed by atoms with Crippen molar-refractivity contribution in [3.05, 3.63) is 12.2 Å². The van der Waals surface area contributed by atoms with Crippen molar-refractivity contribution in [1.29, 1.82) is 0 Å². The zero-order chi connectivity index (χ0) is 14.9. The molecule has 0 unspecified atom stereocenters. The number of carbonyl (C=O) groups is 1. The van der Waals surface area contributed by atoms with Gasteiger partial charge in [-0.2, -0.15) is 0 Å². The van der Waals surface area contributed by atoms with Crippen LogP contribution in [0.15, 0.2) is 12.2 Å². The molecule has 0 spiro atoms. The molecule has 0 aromatic heterocycles. The van der Waals surface area contributed by atoms with Gasteiger partial charge in [0, 0.05) is 45.0 Å². The molecule has 0 heterocycles. The van der Waals surface area contributed by atoms with Gasteiger partial charge in [0.1, 0.15) is 0 Å². The molecule has 1 radical (unpaired) electrons. The maximum atomic E-state index is 10.3. The average molecular weight is 441 g/mol. The predicted octanol–water partition coefficient (Wildman–Crippen LogP) is 6.11. The van der Waals surface area contributed by atoms with Gasteiger partial charge in [-0.15, -0.1) is 0 Å². The Kier molecular flexibility index (Phi) is 23.2. The van der Waals surface area contributed by atoms with Gasteiger partial charge >= 0.3 is 5.97 Å². The molecule has 21 heavy (non-hydrogen) atoms. The SMILES string of the molecule is CCCCCCCC/C=C\CCCCCCCC(=O)O.[Tb]. The topological polar surface area (TPSA) is 37.3 Å². The van der Waals surface area contributed by atoms with Crippen molar-refractivity contribution in [1.82, 2.24) is 0 Å². The first kappa shape index (κ1) is 23.8. The monoisotopic (exact) mass is 441 g/mol. The maximum Gasteiger partial charge on any atom is 0.303 e. The van der Waals surface area contributed by atoms with Crippen LogP contribution in [0.1, 0.15) is 96.8 Å². The molecule has 0 aliphatic carbocycles. The van der Waals surface area contributed by atoms with E-state index >= 15 is 0 Å². The largest absolute Gasteiger partial charge is 0.481 e. The van der Waals surface area contributed by atoms with Crippen molar-refractivity contribution in [2.45, 2.75) is 96.8 Å². The number of carboxylic acids is 1. The van der Waals surface area contributed by atoms with Crippen LogP contribution in [0.5, 0.6) is 0 Å². The van der Waals surface area contributed by atoms with Gasteiger partial charge in [0.25, 0.3) is 0 Å².